The minimum atomic E-state index is -4.57. The van der Waals surface area contributed by atoms with Gasteiger partial charge in [-0.15, -0.1) is 0 Å². The summed E-state index contributed by atoms with van der Waals surface area (Å²) in [7, 11) is 0. The van der Waals surface area contributed by atoms with Gasteiger partial charge in [-0.3, -0.25) is 9.48 Å². The van der Waals surface area contributed by atoms with Crippen molar-refractivity contribution in [1.29, 1.82) is 0 Å². The fourth-order valence-electron chi connectivity index (χ4n) is 2.53. The van der Waals surface area contributed by atoms with Crippen molar-refractivity contribution in [2.45, 2.75) is 12.7 Å². The number of halogens is 3. The van der Waals surface area contributed by atoms with E-state index in [1.54, 1.807) is 17.1 Å². The number of hydrogen-bond donors (Lipinski definition) is 0. The molecule has 1 aromatic heterocycles. The minimum absolute atomic E-state index is 0.368. The number of alkyl halides is 3. The van der Waals surface area contributed by atoms with Crippen molar-refractivity contribution in [1.82, 2.24) is 9.78 Å². The van der Waals surface area contributed by atoms with Gasteiger partial charge in [0.2, 0.25) is 0 Å². The fourth-order valence-corrected chi connectivity index (χ4v) is 2.53. The van der Waals surface area contributed by atoms with Crippen molar-refractivity contribution in [3.8, 4) is 0 Å². The summed E-state index contributed by atoms with van der Waals surface area (Å²) in [6, 6.07) is 14.5. The summed E-state index contributed by atoms with van der Waals surface area (Å²) in [4.78, 5) is 12.2. The van der Waals surface area contributed by atoms with E-state index < -0.39 is 17.5 Å². The normalized spacial score (nSPS) is 11.8. The molecule has 0 fully saturated rings. The molecule has 0 N–H and O–H groups in total. The molecule has 3 rings (SSSR count). The van der Waals surface area contributed by atoms with Crippen LogP contribution in [-0.2, 0) is 12.7 Å². The first-order chi connectivity index (χ1) is 12.4. The first-order valence-corrected chi connectivity index (χ1v) is 7.88. The standard InChI is InChI=1S/C20H15F3N2O/c21-20(22,23)18-9-5-4-8-17(18)19(26)11-10-16-12-24-25(14-16)13-15-6-2-1-3-7-15/h1-12,14H,13H2/b11-10+. The van der Waals surface area contributed by atoms with E-state index in [4.69, 9.17) is 0 Å². The molecule has 6 heteroatoms. The molecule has 2 aromatic carbocycles. The molecular formula is C20H15F3N2O. The van der Waals surface area contributed by atoms with Crippen LogP contribution in [0.2, 0.25) is 0 Å². The molecule has 3 aromatic rings. The Morgan fingerprint density at radius 1 is 1.04 bits per heavy atom. The number of carbonyl (C=O) groups excluding carboxylic acids is 1. The molecule has 0 aliphatic carbocycles. The molecule has 0 spiro atoms. The Labute approximate surface area is 148 Å². The van der Waals surface area contributed by atoms with Crippen molar-refractivity contribution in [3.05, 3.63) is 95.3 Å². The highest BCUT2D eigenvalue weighted by Crippen LogP contribution is 2.32. The molecule has 0 amide bonds. The fraction of sp³-hybridized carbons (Fsp3) is 0.100. The van der Waals surface area contributed by atoms with Gasteiger partial charge in [0.1, 0.15) is 0 Å². The van der Waals surface area contributed by atoms with Gasteiger partial charge in [-0.2, -0.15) is 18.3 Å². The number of benzene rings is 2. The Hall–Kier alpha value is -3.15. The number of hydrogen-bond acceptors (Lipinski definition) is 2. The first kappa shape index (κ1) is 17.7. The summed E-state index contributed by atoms with van der Waals surface area (Å²) in [6.07, 6.45) is 1.31. The molecule has 0 saturated carbocycles. The van der Waals surface area contributed by atoms with Crippen molar-refractivity contribution < 1.29 is 18.0 Å². The summed E-state index contributed by atoms with van der Waals surface area (Å²) < 4.78 is 40.7. The number of aromatic nitrogens is 2. The second-order valence-corrected chi connectivity index (χ2v) is 5.70. The van der Waals surface area contributed by atoms with Crippen LogP contribution in [0.15, 0.2) is 73.1 Å². The van der Waals surface area contributed by atoms with Gasteiger partial charge in [0.05, 0.1) is 18.3 Å². The predicted molar refractivity (Wildman–Crippen MR) is 92.6 cm³/mol. The third kappa shape index (κ3) is 4.27. The summed E-state index contributed by atoms with van der Waals surface area (Å²) in [5.74, 6) is -0.700. The van der Waals surface area contributed by atoms with E-state index >= 15 is 0 Å². The second kappa shape index (κ2) is 7.39. The number of carbonyl (C=O) groups is 1. The Bertz CT molecular complexity index is 927. The maximum Gasteiger partial charge on any atom is 0.417 e. The Kier molecular flexibility index (Phi) is 5.02. The monoisotopic (exact) mass is 356 g/mol. The molecule has 132 valence electrons. The van der Waals surface area contributed by atoms with E-state index in [2.05, 4.69) is 5.10 Å². The molecular weight excluding hydrogens is 341 g/mol. The second-order valence-electron chi connectivity index (χ2n) is 5.70. The van der Waals surface area contributed by atoms with E-state index in [0.717, 1.165) is 17.7 Å². The van der Waals surface area contributed by atoms with Crippen LogP contribution in [-0.4, -0.2) is 15.6 Å². The van der Waals surface area contributed by atoms with Gasteiger partial charge in [-0.25, -0.2) is 0 Å². The quantitative estimate of drug-likeness (QED) is 0.484. The van der Waals surface area contributed by atoms with Gasteiger partial charge in [0, 0.05) is 17.3 Å². The van der Waals surface area contributed by atoms with Gasteiger partial charge in [0.15, 0.2) is 5.78 Å². The molecule has 0 bridgehead atoms. The lowest BCUT2D eigenvalue weighted by Crippen LogP contribution is -2.11. The molecule has 0 saturated heterocycles. The van der Waals surface area contributed by atoms with Gasteiger partial charge in [-0.05, 0) is 23.8 Å². The van der Waals surface area contributed by atoms with Crippen LogP contribution < -0.4 is 0 Å². The molecule has 0 aliphatic heterocycles. The van der Waals surface area contributed by atoms with Crippen molar-refractivity contribution >= 4 is 11.9 Å². The van der Waals surface area contributed by atoms with Crippen LogP contribution in [0.25, 0.3) is 6.08 Å². The Morgan fingerprint density at radius 3 is 2.46 bits per heavy atom. The number of rotatable bonds is 5. The maximum atomic E-state index is 13.0. The minimum Gasteiger partial charge on any atom is -0.289 e. The Balaban J connectivity index is 1.74. The van der Waals surface area contributed by atoms with Crippen molar-refractivity contribution in [2.75, 3.05) is 0 Å². The summed E-state index contributed by atoms with van der Waals surface area (Å²) >= 11 is 0. The highest BCUT2D eigenvalue weighted by atomic mass is 19.4. The molecule has 0 atom stereocenters. The van der Waals surface area contributed by atoms with Crippen LogP contribution in [0, 0.1) is 0 Å². The number of nitrogens with zero attached hydrogens (tertiary/aromatic N) is 2. The Morgan fingerprint density at radius 2 is 1.73 bits per heavy atom. The average molecular weight is 356 g/mol. The van der Waals surface area contributed by atoms with Crippen LogP contribution >= 0.6 is 0 Å². The van der Waals surface area contributed by atoms with Crippen LogP contribution in [0.1, 0.15) is 27.0 Å². The van der Waals surface area contributed by atoms with E-state index in [-0.39, 0.29) is 5.56 Å². The lowest BCUT2D eigenvalue weighted by Gasteiger charge is -2.10. The van der Waals surface area contributed by atoms with Gasteiger partial charge >= 0.3 is 6.18 Å². The van der Waals surface area contributed by atoms with Crippen LogP contribution in [0.4, 0.5) is 13.2 Å². The van der Waals surface area contributed by atoms with Crippen LogP contribution in [0.5, 0.6) is 0 Å². The highest BCUT2D eigenvalue weighted by Gasteiger charge is 2.34. The average Bonchev–Trinajstić information content (AvgIpc) is 3.07. The lowest BCUT2D eigenvalue weighted by molar-refractivity contribution is -0.137. The summed E-state index contributed by atoms with van der Waals surface area (Å²) in [6.45, 7) is 0.569. The zero-order chi connectivity index (χ0) is 18.6. The van der Waals surface area contributed by atoms with Crippen LogP contribution in [0.3, 0.4) is 0 Å². The predicted octanol–water partition coefficient (Wildman–Crippen LogP) is 4.85. The highest BCUT2D eigenvalue weighted by molar-refractivity contribution is 6.07. The van der Waals surface area contributed by atoms with Crippen molar-refractivity contribution in [3.63, 3.8) is 0 Å². The molecule has 0 unspecified atom stereocenters. The third-order valence-electron chi connectivity index (χ3n) is 3.77. The van der Waals surface area contributed by atoms with Gasteiger partial charge < -0.3 is 0 Å². The summed E-state index contributed by atoms with van der Waals surface area (Å²) in [5, 5.41) is 4.19. The van der Waals surface area contributed by atoms with E-state index in [1.807, 2.05) is 30.3 Å². The smallest absolute Gasteiger partial charge is 0.289 e. The molecule has 26 heavy (non-hydrogen) atoms. The lowest BCUT2D eigenvalue weighted by atomic mass is 10.0. The zero-order valence-corrected chi connectivity index (χ0v) is 13.6. The third-order valence-corrected chi connectivity index (χ3v) is 3.77. The molecule has 3 nitrogen and oxygen atoms in total. The maximum absolute atomic E-state index is 13.0. The zero-order valence-electron chi connectivity index (χ0n) is 13.6. The molecule has 0 aliphatic rings. The van der Waals surface area contributed by atoms with Gasteiger partial charge in [0.25, 0.3) is 0 Å². The largest absolute Gasteiger partial charge is 0.417 e. The molecule has 1 heterocycles. The van der Waals surface area contributed by atoms with Gasteiger partial charge in [-0.1, -0.05) is 48.5 Å². The molecule has 0 radical (unpaired) electrons. The SMILES string of the molecule is O=C(/C=C/c1cnn(Cc2ccccc2)c1)c1ccccc1C(F)(F)F. The first-order valence-electron chi connectivity index (χ1n) is 7.88. The number of ketones is 1. The number of allylic oxidation sites excluding steroid dienone is 1. The van der Waals surface area contributed by atoms with E-state index in [0.29, 0.717) is 12.1 Å². The van der Waals surface area contributed by atoms with E-state index in [9.17, 15) is 18.0 Å². The summed E-state index contributed by atoms with van der Waals surface area (Å²) in [5.41, 5.74) is 0.405. The van der Waals surface area contributed by atoms with E-state index in [1.165, 1.54) is 24.3 Å². The topological polar surface area (TPSA) is 34.9 Å². The van der Waals surface area contributed by atoms with Crippen molar-refractivity contribution in [2.24, 2.45) is 0 Å².